The summed E-state index contributed by atoms with van der Waals surface area (Å²) < 4.78 is 32.8. The molecule has 0 radical (unpaired) electrons. The van der Waals surface area contributed by atoms with E-state index in [0.29, 0.717) is 5.92 Å². The Hall–Kier alpha value is -1.02. The molecule has 3 rings (SSSR count). The van der Waals surface area contributed by atoms with Gasteiger partial charge in [-0.25, -0.2) is 13.1 Å². The van der Waals surface area contributed by atoms with Crippen LogP contribution in [-0.2, 0) is 14.8 Å². The molecule has 1 aromatic rings. The Balaban J connectivity index is 1.48. The maximum absolute atomic E-state index is 12.1. The van der Waals surface area contributed by atoms with Crippen LogP contribution in [0.2, 0.25) is 5.02 Å². The highest BCUT2D eigenvalue weighted by atomic mass is 35.5. The zero-order valence-electron chi connectivity index (χ0n) is 18.5. The second-order valence-corrected chi connectivity index (χ2v) is 11.8. The molecule has 2 N–H and O–H groups in total. The quantitative estimate of drug-likeness (QED) is 0.640. The number of sulfonamides is 1. The second kappa shape index (κ2) is 10.1. The summed E-state index contributed by atoms with van der Waals surface area (Å²) in [5.41, 5.74) is 2.09. The first-order valence-electron chi connectivity index (χ1n) is 11.1. The number of nitrogens with one attached hydrogen (secondary N) is 2. The van der Waals surface area contributed by atoms with Gasteiger partial charge >= 0.3 is 0 Å². The molecule has 30 heavy (non-hydrogen) atoms. The third-order valence-electron chi connectivity index (χ3n) is 6.10. The van der Waals surface area contributed by atoms with E-state index in [1.54, 1.807) is 13.8 Å². The molecule has 1 aromatic carbocycles. The van der Waals surface area contributed by atoms with Gasteiger partial charge in [-0.15, -0.1) is 0 Å². The molecule has 2 fully saturated rings. The molecule has 1 aliphatic carbocycles. The molecule has 170 valence electrons. The van der Waals surface area contributed by atoms with Gasteiger partial charge in [-0.3, -0.25) is 0 Å². The first-order valence-corrected chi connectivity index (χ1v) is 13.0. The van der Waals surface area contributed by atoms with Gasteiger partial charge in [0.15, 0.2) is 0 Å². The molecule has 0 bridgehead atoms. The summed E-state index contributed by atoms with van der Waals surface area (Å²) in [5, 5.41) is 3.89. The first kappa shape index (κ1) is 23.6. The molecule has 1 aliphatic heterocycles. The Bertz CT molecular complexity index is 800. The van der Waals surface area contributed by atoms with Gasteiger partial charge in [0.2, 0.25) is 10.0 Å². The third-order valence-corrected chi connectivity index (χ3v) is 8.31. The van der Waals surface area contributed by atoms with Crippen molar-refractivity contribution >= 4 is 33.0 Å². The molecule has 1 saturated heterocycles. The number of halogens is 1. The number of anilines is 2. The van der Waals surface area contributed by atoms with Crippen molar-refractivity contribution in [3.8, 4) is 0 Å². The van der Waals surface area contributed by atoms with Crippen molar-refractivity contribution in [2.24, 2.45) is 5.92 Å². The standard InChI is InChI=1S/C22H36ClN3O3S/c1-15(2)30(27,28)25-19-7-5-18(6-8-19)12-24-20-9-10-22(21(23)11-20)26-13-16(3)29-17(4)14-26/h9-11,15-19,24-25H,5-8,12-14H2,1-4H3/t16-,17+,18-,19-. The first-order chi connectivity index (χ1) is 14.1. The summed E-state index contributed by atoms with van der Waals surface area (Å²) in [6, 6.07) is 6.26. The van der Waals surface area contributed by atoms with Gasteiger partial charge < -0.3 is 15.0 Å². The molecule has 6 nitrogen and oxygen atoms in total. The van der Waals surface area contributed by atoms with Crippen molar-refractivity contribution in [3.05, 3.63) is 23.2 Å². The molecule has 1 saturated carbocycles. The molecule has 0 unspecified atom stereocenters. The number of ether oxygens (including phenoxy) is 1. The van der Waals surface area contributed by atoms with Crippen LogP contribution >= 0.6 is 11.6 Å². The maximum Gasteiger partial charge on any atom is 0.214 e. The molecule has 2 atom stereocenters. The van der Waals surface area contributed by atoms with E-state index >= 15 is 0 Å². The van der Waals surface area contributed by atoms with Gasteiger partial charge in [-0.2, -0.15) is 0 Å². The fourth-order valence-corrected chi connectivity index (χ4v) is 5.64. The highest BCUT2D eigenvalue weighted by Crippen LogP contribution is 2.32. The van der Waals surface area contributed by atoms with Crippen LogP contribution in [-0.4, -0.2) is 51.6 Å². The van der Waals surface area contributed by atoms with Gasteiger partial charge in [0, 0.05) is 31.4 Å². The van der Waals surface area contributed by atoms with Crippen molar-refractivity contribution in [2.45, 2.75) is 76.9 Å². The summed E-state index contributed by atoms with van der Waals surface area (Å²) in [7, 11) is -3.19. The van der Waals surface area contributed by atoms with E-state index in [0.717, 1.165) is 61.7 Å². The number of benzene rings is 1. The SMILES string of the molecule is CC(C)S(=O)(=O)N[C@H]1CC[C@H](CNc2ccc(N3C[C@@H](C)O[C@@H](C)C3)c(Cl)c2)CC1. The van der Waals surface area contributed by atoms with Crippen LogP contribution in [0.25, 0.3) is 0 Å². The van der Waals surface area contributed by atoms with E-state index < -0.39 is 10.0 Å². The van der Waals surface area contributed by atoms with Gasteiger partial charge in [-0.1, -0.05) is 11.6 Å². The smallest absolute Gasteiger partial charge is 0.214 e. The molecule has 1 heterocycles. The lowest BCUT2D eigenvalue weighted by Gasteiger charge is -2.37. The summed E-state index contributed by atoms with van der Waals surface area (Å²) >= 11 is 6.60. The fourth-order valence-electron chi connectivity index (χ4n) is 4.36. The molecule has 0 aromatic heterocycles. The summed E-state index contributed by atoms with van der Waals surface area (Å²) in [6.45, 7) is 10.2. The predicted molar refractivity (Wildman–Crippen MR) is 125 cm³/mol. The third kappa shape index (κ3) is 6.25. The fraction of sp³-hybridized carbons (Fsp3) is 0.727. The number of hydrogen-bond acceptors (Lipinski definition) is 5. The normalized spacial score (nSPS) is 28.0. The van der Waals surface area contributed by atoms with E-state index in [2.05, 4.69) is 40.9 Å². The van der Waals surface area contributed by atoms with E-state index in [1.807, 2.05) is 6.07 Å². The Kier molecular flexibility index (Phi) is 7.93. The highest BCUT2D eigenvalue weighted by molar-refractivity contribution is 7.90. The van der Waals surface area contributed by atoms with Crippen LogP contribution in [0.3, 0.4) is 0 Å². The van der Waals surface area contributed by atoms with Crippen LogP contribution in [0, 0.1) is 5.92 Å². The van der Waals surface area contributed by atoms with E-state index in [-0.39, 0.29) is 23.5 Å². The van der Waals surface area contributed by atoms with Crippen LogP contribution in [0.5, 0.6) is 0 Å². The average molecular weight is 458 g/mol. The highest BCUT2D eigenvalue weighted by Gasteiger charge is 2.27. The number of morpholine rings is 1. The van der Waals surface area contributed by atoms with Crippen LogP contribution in [0.15, 0.2) is 18.2 Å². The Morgan fingerprint density at radius 2 is 1.77 bits per heavy atom. The monoisotopic (exact) mass is 457 g/mol. The second-order valence-electron chi connectivity index (χ2n) is 9.14. The van der Waals surface area contributed by atoms with Crippen LogP contribution in [0.1, 0.15) is 53.4 Å². The summed E-state index contributed by atoms with van der Waals surface area (Å²) in [6.07, 6.45) is 4.23. The Morgan fingerprint density at radius 3 is 2.33 bits per heavy atom. The van der Waals surface area contributed by atoms with Crippen LogP contribution < -0.4 is 14.9 Å². The van der Waals surface area contributed by atoms with Crippen molar-refractivity contribution in [1.29, 1.82) is 0 Å². The molecular formula is C22H36ClN3O3S. The average Bonchev–Trinajstić information content (AvgIpc) is 2.66. The summed E-state index contributed by atoms with van der Waals surface area (Å²) in [5.74, 6) is 0.546. The number of rotatable bonds is 7. The minimum absolute atomic E-state index is 0.0701. The minimum Gasteiger partial charge on any atom is -0.385 e. The molecular weight excluding hydrogens is 422 g/mol. The van der Waals surface area contributed by atoms with Crippen molar-refractivity contribution in [1.82, 2.24) is 4.72 Å². The number of hydrogen-bond donors (Lipinski definition) is 2. The largest absolute Gasteiger partial charge is 0.385 e. The minimum atomic E-state index is -3.19. The molecule has 2 aliphatic rings. The lowest BCUT2D eigenvalue weighted by Crippen LogP contribution is -2.45. The predicted octanol–water partition coefficient (Wildman–Crippen LogP) is 4.25. The maximum atomic E-state index is 12.1. The van der Waals surface area contributed by atoms with Gasteiger partial charge in [0.1, 0.15) is 0 Å². The van der Waals surface area contributed by atoms with Crippen molar-refractivity contribution in [2.75, 3.05) is 29.9 Å². The zero-order chi connectivity index (χ0) is 21.9. The zero-order valence-corrected chi connectivity index (χ0v) is 20.1. The van der Waals surface area contributed by atoms with Crippen LogP contribution in [0.4, 0.5) is 11.4 Å². The summed E-state index contributed by atoms with van der Waals surface area (Å²) in [4.78, 5) is 2.30. The van der Waals surface area contributed by atoms with E-state index in [1.165, 1.54) is 0 Å². The molecule has 8 heteroatoms. The Morgan fingerprint density at radius 1 is 1.13 bits per heavy atom. The van der Waals surface area contributed by atoms with Gasteiger partial charge in [-0.05, 0) is 77.5 Å². The van der Waals surface area contributed by atoms with E-state index in [9.17, 15) is 8.42 Å². The van der Waals surface area contributed by atoms with Crippen molar-refractivity contribution < 1.29 is 13.2 Å². The molecule has 0 spiro atoms. The Labute approximate surface area is 186 Å². The lowest BCUT2D eigenvalue weighted by atomic mass is 9.86. The molecule has 0 amide bonds. The van der Waals surface area contributed by atoms with Crippen molar-refractivity contribution in [3.63, 3.8) is 0 Å². The number of nitrogens with zero attached hydrogens (tertiary/aromatic N) is 1. The van der Waals surface area contributed by atoms with Gasteiger partial charge in [0.25, 0.3) is 0 Å². The van der Waals surface area contributed by atoms with E-state index in [4.69, 9.17) is 16.3 Å². The van der Waals surface area contributed by atoms with Gasteiger partial charge in [0.05, 0.1) is 28.2 Å². The topological polar surface area (TPSA) is 70.7 Å². The lowest BCUT2D eigenvalue weighted by molar-refractivity contribution is -0.00520.